The molecule has 2 rings (SSSR count). The van der Waals surface area contributed by atoms with Gasteiger partial charge in [0, 0.05) is 16.5 Å². The van der Waals surface area contributed by atoms with Crippen molar-refractivity contribution in [2.45, 2.75) is 20.8 Å². The zero-order chi connectivity index (χ0) is 17.1. The summed E-state index contributed by atoms with van der Waals surface area (Å²) in [6.45, 7) is 5.52. The summed E-state index contributed by atoms with van der Waals surface area (Å²) in [7, 11) is 0. The molecule has 1 aromatic carbocycles. The predicted octanol–water partition coefficient (Wildman–Crippen LogP) is 3.41. The van der Waals surface area contributed by atoms with Gasteiger partial charge >= 0.3 is 5.69 Å². The Labute approximate surface area is 135 Å². The van der Waals surface area contributed by atoms with Crippen LogP contribution in [-0.2, 0) is 0 Å². The largest absolute Gasteiger partial charge is 0.301 e. The van der Waals surface area contributed by atoms with E-state index in [1.807, 2.05) is 13.8 Å². The molecule has 23 heavy (non-hydrogen) atoms. The van der Waals surface area contributed by atoms with Crippen LogP contribution in [-0.4, -0.2) is 19.9 Å². The summed E-state index contributed by atoms with van der Waals surface area (Å²) in [6.07, 6.45) is 0. The van der Waals surface area contributed by atoms with Crippen LogP contribution >= 0.6 is 11.5 Å². The van der Waals surface area contributed by atoms with Gasteiger partial charge in [0.2, 0.25) is 0 Å². The van der Waals surface area contributed by atoms with E-state index in [0.29, 0.717) is 5.71 Å². The number of nitrogens with zero attached hydrogens (tertiary/aromatic N) is 4. The molecule has 0 aliphatic heterocycles. The summed E-state index contributed by atoms with van der Waals surface area (Å²) < 4.78 is 4.22. The van der Waals surface area contributed by atoms with Crippen LogP contribution in [0, 0.1) is 34.1 Å². The molecule has 1 N–H and O–H groups in total. The van der Waals surface area contributed by atoms with Gasteiger partial charge in [-0.15, -0.1) is 0 Å². The van der Waals surface area contributed by atoms with Crippen LogP contribution in [0.2, 0.25) is 0 Å². The van der Waals surface area contributed by atoms with Crippen molar-refractivity contribution in [3.63, 3.8) is 0 Å². The molecular weight excluding hydrogens is 322 g/mol. The Morgan fingerprint density at radius 1 is 1.26 bits per heavy atom. The highest BCUT2D eigenvalue weighted by molar-refractivity contribution is 7.06. The Morgan fingerprint density at radius 2 is 1.96 bits per heavy atom. The number of benzene rings is 1. The summed E-state index contributed by atoms with van der Waals surface area (Å²) in [5, 5.41) is 25.9. The van der Waals surface area contributed by atoms with Crippen molar-refractivity contribution in [3.8, 4) is 0 Å². The first-order valence-corrected chi connectivity index (χ1v) is 7.25. The minimum atomic E-state index is -0.692. The second-order valence-corrected chi connectivity index (χ2v) is 5.70. The molecule has 0 amide bonds. The molecule has 0 unspecified atom stereocenters. The zero-order valence-corrected chi connectivity index (χ0v) is 13.4. The zero-order valence-electron chi connectivity index (χ0n) is 12.6. The van der Waals surface area contributed by atoms with Gasteiger partial charge in [-0.1, -0.05) is 0 Å². The maximum Gasteiger partial charge on any atom is 0.301 e. The van der Waals surface area contributed by atoms with Crippen molar-refractivity contribution in [3.05, 3.63) is 54.6 Å². The monoisotopic (exact) mass is 335 g/mol. The Balaban J connectivity index is 2.35. The van der Waals surface area contributed by atoms with Gasteiger partial charge in [-0.25, -0.2) is 0 Å². The van der Waals surface area contributed by atoms with Crippen LogP contribution in [0.25, 0.3) is 0 Å². The molecule has 1 heterocycles. The fourth-order valence-corrected chi connectivity index (χ4v) is 2.83. The number of nitro groups is 2. The Hall–Kier alpha value is -2.88. The highest BCUT2D eigenvalue weighted by Crippen LogP contribution is 2.29. The average molecular weight is 335 g/mol. The van der Waals surface area contributed by atoms with Crippen LogP contribution in [0.3, 0.4) is 0 Å². The topological polar surface area (TPSA) is 124 Å². The van der Waals surface area contributed by atoms with Gasteiger partial charge in [0.05, 0.1) is 27.3 Å². The number of nitro benzene ring substituents is 2. The molecular formula is C13H13N5O4S. The number of aromatic nitrogens is 1. The maximum absolute atomic E-state index is 11.1. The van der Waals surface area contributed by atoms with Crippen molar-refractivity contribution >= 4 is 34.3 Å². The van der Waals surface area contributed by atoms with Crippen LogP contribution in [0.4, 0.5) is 17.1 Å². The number of rotatable bonds is 5. The molecule has 0 aliphatic rings. The highest BCUT2D eigenvalue weighted by Gasteiger charge is 2.19. The molecule has 0 atom stereocenters. The van der Waals surface area contributed by atoms with E-state index in [0.717, 1.165) is 22.2 Å². The van der Waals surface area contributed by atoms with Gasteiger partial charge in [0.15, 0.2) is 0 Å². The van der Waals surface area contributed by atoms with Gasteiger partial charge in [-0.05, 0) is 38.4 Å². The Morgan fingerprint density at radius 3 is 2.48 bits per heavy atom. The minimum absolute atomic E-state index is 0.0819. The summed E-state index contributed by atoms with van der Waals surface area (Å²) in [4.78, 5) is 21.4. The number of aryl methyl sites for hydroxylation is 2. The number of nitrogens with one attached hydrogen (secondary N) is 1. The fourth-order valence-electron chi connectivity index (χ4n) is 2.08. The third-order valence-electron chi connectivity index (χ3n) is 3.13. The molecule has 120 valence electrons. The average Bonchev–Trinajstić information content (AvgIpc) is 2.83. The van der Waals surface area contributed by atoms with Gasteiger partial charge in [-0.2, -0.15) is 9.47 Å². The van der Waals surface area contributed by atoms with Crippen molar-refractivity contribution in [2.75, 3.05) is 5.43 Å². The standard InChI is InChI=1S/C13H13N5O4S/c1-7(13-8(2)16-23-9(13)3)14-15-11-5-4-10(17(19)20)6-12(11)18(21)22/h4-6,15H,1-3H3/b14-7+. The first-order valence-electron chi connectivity index (χ1n) is 6.47. The highest BCUT2D eigenvalue weighted by atomic mass is 32.1. The lowest BCUT2D eigenvalue weighted by molar-refractivity contribution is -0.393. The molecule has 0 fully saturated rings. The van der Waals surface area contributed by atoms with E-state index in [-0.39, 0.29) is 11.4 Å². The minimum Gasteiger partial charge on any atom is -0.271 e. The Bertz CT molecular complexity index is 795. The van der Waals surface area contributed by atoms with E-state index in [4.69, 9.17) is 0 Å². The van der Waals surface area contributed by atoms with Gasteiger partial charge in [-0.3, -0.25) is 25.7 Å². The second kappa shape index (κ2) is 6.48. The van der Waals surface area contributed by atoms with Crippen LogP contribution in [0.5, 0.6) is 0 Å². The van der Waals surface area contributed by atoms with E-state index >= 15 is 0 Å². The number of hydrogen-bond acceptors (Lipinski definition) is 8. The number of anilines is 1. The van der Waals surface area contributed by atoms with E-state index in [1.165, 1.54) is 23.7 Å². The molecule has 0 bridgehead atoms. The lowest BCUT2D eigenvalue weighted by atomic mass is 10.1. The second-order valence-electron chi connectivity index (χ2n) is 4.72. The van der Waals surface area contributed by atoms with Crippen molar-refractivity contribution in [1.29, 1.82) is 0 Å². The number of hydrazone groups is 1. The van der Waals surface area contributed by atoms with Crippen LogP contribution in [0.1, 0.15) is 23.1 Å². The third kappa shape index (κ3) is 3.48. The van der Waals surface area contributed by atoms with E-state index in [1.54, 1.807) is 6.92 Å². The quantitative estimate of drug-likeness (QED) is 0.507. The summed E-state index contributed by atoms with van der Waals surface area (Å²) in [5.74, 6) is 0. The fraction of sp³-hybridized carbons (Fsp3) is 0.231. The predicted molar refractivity (Wildman–Crippen MR) is 87.2 cm³/mol. The molecule has 0 spiro atoms. The molecule has 0 saturated carbocycles. The molecule has 2 aromatic rings. The molecule has 9 nitrogen and oxygen atoms in total. The molecule has 10 heteroatoms. The summed E-state index contributed by atoms with van der Waals surface area (Å²) in [6, 6.07) is 3.34. The first kappa shape index (κ1) is 16.5. The van der Waals surface area contributed by atoms with Crippen LogP contribution < -0.4 is 5.43 Å². The Kier molecular flexibility index (Phi) is 4.65. The third-order valence-corrected chi connectivity index (χ3v) is 3.97. The molecule has 0 aliphatic carbocycles. The number of non-ortho nitro benzene ring substituents is 1. The van der Waals surface area contributed by atoms with E-state index in [2.05, 4.69) is 14.9 Å². The smallest absolute Gasteiger partial charge is 0.271 e. The number of hydrogen-bond donors (Lipinski definition) is 1. The normalized spacial score (nSPS) is 11.3. The van der Waals surface area contributed by atoms with Crippen molar-refractivity contribution < 1.29 is 9.85 Å². The lowest BCUT2D eigenvalue weighted by Crippen LogP contribution is -2.04. The van der Waals surface area contributed by atoms with E-state index < -0.39 is 15.5 Å². The SMILES string of the molecule is C/C(=N\Nc1ccc([N+](=O)[O-])cc1[N+](=O)[O-])c1c(C)nsc1C. The lowest BCUT2D eigenvalue weighted by Gasteiger charge is -2.05. The van der Waals surface area contributed by atoms with Crippen LogP contribution in [0.15, 0.2) is 23.3 Å². The van der Waals surface area contributed by atoms with E-state index in [9.17, 15) is 20.2 Å². The van der Waals surface area contributed by atoms with Crippen molar-refractivity contribution in [2.24, 2.45) is 5.10 Å². The molecule has 0 radical (unpaired) electrons. The maximum atomic E-state index is 11.1. The molecule has 1 aromatic heterocycles. The summed E-state index contributed by atoms with van der Waals surface area (Å²) >= 11 is 1.35. The summed E-state index contributed by atoms with van der Waals surface area (Å²) in [5.41, 5.74) is 4.26. The van der Waals surface area contributed by atoms with Gasteiger partial charge < -0.3 is 0 Å². The first-order chi connectivity index (χ1) is 10.8. The molecule has 0 saturated heterocycles. The van der Waals surface area contributed by atoms with Gasteiger partial charge in [0.1, 0.15) is 5.69 Å². The van der Waals surface area contributed by atoms with Gasteiger partial charge in [0.25, 0.3) is 5.69 Å². The van der Waals surface area contributed by atoms with Crippen molar-refractivity contribution in [1.82, 2.24) is 4.37 Å².